The fourth-order valence-electron chi connectivity index (χ4n) is 4.73. The molecule has 6 nitrogen and oxygen atoms in total. The Hall–Kier alpha value is -2.41. The summed E-state index contributed by atoms with van der Waals surface area (Å²) in [6.45, 7) is 1.94. The normalized spacial score (nSPS) is 36.5. The molecule has 0 bridgehead atoms. The highest BCUT2D eigenvalue weighted by Gasteiger charge is 3.00. The first-order chi connectivity index (χ1) is 11.0. The number of fused-ring (bicyclic) bond motifs is 1. The maximum absolute atomic E-state index is 10.1. The van der Waals surface area contributed by atoms with Crippen LogP contribution in [-0.4, -0.2) is 26.0 Å². The molecule has 6 heteroatoms. The first-order valence-corrected chi connectivity index (χ1v) is 7.38. The number of aliphatic imine (C=N–C) groups is 1. The van der Waals surface area contributed by atoms with Crippen LogP contribution in [0.15, 0.2) is 35.3 Å². The zero-order valence-electron chi connectivity index (χ0n) is 13.3. The average molecular weight is 310 g/mol. The highest BCUT2D eigenvalue weighted by Crippen LogP contribution is 2.86. The molecule has 0 saturated heterocycles. The van der Waals surface area contributed by atoms with E-state index in [0.717, 1.165) is 5.56 Å². The number of ether oxygens (including phenoxy) is 2. The smallest absolute Gasteiger partial charge is 0.293 e. The molecule has 1 aromatic rings. The third-order valence-corrected chi connectivity index (χ3v) is 5.59. The van der Waals surface area contributed by atoms with Crippen LogP contribution in [0.25, 0.3) is 0 Å². The van der Waals surface area contributed by atoms with Crippen LogP contribution in [-0.2, 0) is 14.9 Å². The molecule has 1 aliphatic carbocycles. The molecule has 0 spiro atoms. The minimum absolute atomic E-state index is 0.0935. The van der Waals surface area contributed by atoms with Crippen LogP contribution in [0, 0.1) is 33.5 Å². The van der Waals surface area contributed by atoms with E-state index >= 15 is 0 Å². The topological polar surface area (TPSA) is 104 Å². The SMILES string of the molecule is CC[C@]1(c2ccccc2)[C@]2(C#N)C(N)=NC(OC)(OC)[C@@]21C#N. The molecule has 0 radical (unpaired) electrons. The highest BCUT2D eigenvalue weighted by molar-refractivity contribution is 6.02. The molecule has 0 amide bonds. The lowest BCUT2D eigenvalue weighted by atomic mass is 9.80. The molecule has 2 N–H and O–H groups in total. The van der Waals surface area contributed by atoms with Crippen LogP contribution in [0.5, 0.6) is 0 Å². The van der Waals surface area contributed by atoms with Crippen LogP contribution in [0.3, 0.4) is 0 Å². The number of nitriles is 2. The van der Waals surface area contributed by atoms with Crippen LogP contribution in [0.2, 0.25) is 0 Å². The van der Waals surface area contributed by atoms with Crippen molar-refractivity contribution in [3.8, 4) is 12.1 Å². The first-order valence-electron chi connectivity index (χ1n) is 7.38. The predicted octanol–water partition coefficient (Wildman–Crippen LogP) is 1.69. The summed E-state index contributed by atoms with van der Waals surface area (Å²) in [5, 5.41) is 20.1. The van der Waals surface area contributed by atoms with Crippen molar-refractivity contribution in [2.45, 2.75) is 24.7 Å². The lowest BCUT2D eigenvalue weighted by Crippen LogP contribution is -2.45. The van der Waals surface area contributed by atoms with Gasteiger partial charge in [0.2, 0.25) is 0 Å². The number of benzene rings is 1. The van der Waals surface area contributed by atoms with Crippen LogP contribution in [0.1, 0.15) is 18.9 Å². The quantitative estimate of drug-likeness (QED) is 0.852. The molecule has 1 aliphatic heterocycles. The van der Waals surface area contributed by atoms with Crippen molar-refractivity contribution in [1.82, 2.24) is 0 Å². The second-order valence-corrected chi connectivity index (χ2v) is 5.84. The van der Waals surface area contributed by atoms with Gasteiger partial charge in [0, 0.05) is 14.2 Å². The summed E-state index contributed by atoms with van der Waals surface area (Å²) in [6.07, 6.45) is 0.531. The van der Waals surface area contributed by atoms with Crippen molar-refractivity contribution in [2.24, 2.45) is 21.6 Å². The van der Waals surface area contributed by atoms with Crippen LogP contribution >= 0.6 is 0 Å². The minimum atomic E-state index is -1.59. The van der Waals surface area contributed by atoms with E-state index in [2.05, 4.69) is 17.1 Å². The van der Waals surface area contributed by atoms with Crippen LogP contribution in [0.4, 0.5) is 0 Å². The maximum atomic E-state index is 10.1. The molecular weight excluding hydrogens is 292 g/mol. The fraction of sp³-hybridized carbons (Fsp3) is 0.471. The molecule has 1 saturated carbocycles. The Labute approximate surface area is 135 Å². The Morgan fingerprint density at radius 1 is 1.13 bits per heavy atom. The summed E-state index contributed by atoms with van der Waals surface area (Å²) in [5.41, 5.74) is 3.60. The predicted molar refractivity (Wildman–Crippen MR) is 82.9 cm³/mol. The number of nitrogens with two attached hydrogens (primary N) is 1. The largest absolute Gasteiger partial charge is 0.386 e. The van der Waals surface area contributed by atoms with E-state index in [0.29, 0.717) is 6.42 Å². The van der Waals surface area contributed by atoms with E-state index in [1.54, 1.807) is 0 Å². The summed E-state index contributed by atoms with van der Waals surface area (Å²) in [4.78, 5) is 4.25. The van der Waals surface area contributed by atoms with Gasteiger partial charge in [0.15, 0.2) is 10.8 Å². The number of methoxy groups -OCH3 is 2. The second kappa shape index (κ2) is 4.55. The molecule has 1 aromatic carbocycles. The fourth-order valence-corrected chi connectivity index (χ4v) is 4.73. The minimum Gasteiger partial charge on any atom is -0.386 e. The average Bonchev–Trinajstić information content (AvgIpc) is 3.10. The van der Waals surface area contributed by atoms with E-state index in [9.17, 15) is 10.5 Å². The molecule has 3 rings (SSSR count). The molecule has 1 fully saturated rings. The van der Waals surface area contributed by atoms with Crippen molar-refractivity contribution in [3.63, 3.8) is 0 Å². The maximum Gasteiger partial charge on any atom is 0.293 e. The molecule has 3 atom stereocenters. The molecule has 118 valence electrons. The van der Waals surface area contributed by atoms with E-state index in [-0.39, 0.29) is 5.84 Å². The zero-order valence-corrected chi connectivity index (χ0v) is 13.3. The van der Waals surface area contributed by atoms with Crippen molar-refractivity contribution in [1.29, 1.82) is 10.5 Å². The zero-order chi connectivity index (χ0) is 16.9. The molecule has 23 heavy (non-hydrogen) atoms. The van der Waals surface area contributed by atoms with E-state index in [4.69, 9.17) is 15.2 Å². The Kier molecular flexibility index (Phi) is 3.06. The van der Waals surface area contributed by atoms with Gasteiger partial charge in [-0.05, 0) is 12.0 Å². The third kappa shape index (κ3) is 1.18. The number of amidine groups is 1. The van der Waals surface area contributed by atoms with Gasteiger partial charge in [0.25, 0.3) is 5.91 Å². The monoisotopic (exact) mass is 310 g/mol. The van der Waals surface area contributed by atoms with Crippen molar-refractivity contribution >= 4 is 5.84 Å². The van der Waals surface area contributed by atoms with Gasteiger partial charge in [-0.2, -0.15) is 10.5 Å². The van der Waals surface area contributed by atoms with E-state index < -0.39 is 22.2 Å². The second-order valence-electron chi connectivity index (χ2n) is 5.84. The summed E-state index contributed by atoms with van der Waals surface area (Å²) < 4.78 is 11.0. The lowest BCUT2D eigenvalue weighted by Gasteiger charge is -2.33. The molecule has 0 aromatic heterocycles. The highest BCUT2D eigenvalue weighted by atomic mass is 16.7. The molecule has 0 unspecified atom stereocenters. The number of rotatable bonds is 4. The number of hydrogen-bond acceptors (Lipinski definition) is 6. The summed E-state index contributed by atoms with van der Waals surface area (Å²) >= 11 is 0. The Morgan fingerprint density at radius 3 is 2.17 bits per heavy atom. The van der Waals surface area contributed by atoms with Gasteiger partial charge < -0.3 is 15.2 Å². The van der Waals surface area contributed by atoms with Gasteiger partial charge in [0.1, 0.15) is 5.84 Å². The van der Waals surface area contributed by atoms with Crippen molar-refractivity contribution in [3.05, 3.63) is 35.9 Å². The van der Waals surface area contributed by atoms with Gasteiger partial charge in [-0.25, -0.2) is 4.99 Å². The van der Waals surface area contributed by atoms with Gasteiger partial charge >= 0.3 is 0 Å². The van der Waals surface area contributed by atoms with E-state index in [1.807, 2.05) is 37.3 Å². The Balaban J connectivity index is 2.40. The lowest BCUT2D eigenvalue weighted by molar-refractivity contribution is -0.234. The molecule has 2 aliphatic rings. The standard InChI is InChI=1S/C17H18N4O2/c1-4-14(12-8-6-5-7-9-12)15(10-18)13(20)21-17(22-2,23-3)16(14,15)11-19/h5-9H,4H2,1-3H3,(H2,20,21)/t14-,15-,16+/m0/s1. The summed E-state index contributed by atoms with van der Waals surface area (Å²) in [6, 6.07) is 14.0. The van der Waals surface area contributed by atoms with Crippen molar-refractivity contribution in [2.75, 3.05) is 14.2 Å². The first kappa shape index (κ1) is 15.5. The molecular formula is C17H18N4O2. The van der Waals surface area contributed by atoms with Gasteiger partial charge in [-0.15, -0.1) is 0 Å². The summed E-state index contributed by atoms with van der Waals surface area (Å²) in [7, 11) is 2.83. The number of nitrogens with zero attached hydrogens (tertiary/aromatic N) is 3. The van der Waals surface area contributed by atoms with Crippen LogP contribution < -0.4 is 5.73 Å². The van der Waals surface area contributed by atoms with E-state index in [1.165, 1.54) is 14.2 Å². The van der Waals surface area contributed by atoms with Crippen molar-refractivity contribution < 1.29 is 9.47 Å². The summed E-state index contributed by atoms with van der Waals surface area (Å²) in [5.74, 6) is -1.50. The van der Waals surface area contributed by atoms with Gasteiger partial charge in [0.05, 0.1) is 17.6 Å². The third-order valence-electron chi connectivity index (χ3n) is 5.59. The Morgan fingerprint density at radius 2 is 1.74 bits per heavy atom. The van der Waals surface area contributed by atoms with Gasteiger partial charge in [-0.1, -0.05) is 37.3 Å². The Bertz CT molecular complexity index is 759. The number of hydrogen-bond donors (Lipinski definition) is 1. The molecule has 1 heterocycles. The van der Waals surface area contributed by atoms with Gasteiger partial charge in [-0.3, -0.25) is 0 Å².